The van der Waals surface area contributed by atoms with E-state index in [2.05, 4.69) is 36.1 Å². The molecule has 1 aliphatic rings. The quantitative estimate of drug-likeness (QED) is 0.802. The zero-order chi connectivity index (χ0) is 18.7. The summed E-state index contributed by atoms with van der Waals surface area (Å²) in [7, 11) is 5.36. The van der Waals surface area contributed by atoms with Gasteiger partial charge in [0, 0.05) is 31.7 Å². The third-order valence-corrected chi connectivity index (χ3v) is 4.93. The highest BCUT2D eigenvalue weighted by molar-refractivity contribution is 9.10. The largest absolute Gasteiger partial charge is 0.497 e. The molecule has 1 saturated heterocycles. The van der Waals surface area contributed by atoms with Crippen LogP contribution in [-0.4, -0.2) is 50.2 Å². The zero-order valence-corrected chi connectivity index (χ0v) is 16.7. The van der Waals surface area contributed by atoms with Crippen molar-refractivity contribution in [2.24, 2.45) is 0 Å². The second-order valence-electron chi connectivity index (χ2n) is 6.30. The van der Waals surface area contributed by atoms with Gasteiger partial charge in [-0.05, 0) is 47.0 Å². The molecule has 0 saturated carbocycles. The van der Waals surface area contributed by atoms with Crippen LogP contribution in [0.1, 0.15) is 23.2 Å². The van der Waals surface area contributed by atoms with Crippen molar-refractivity contribution in [1.29, 1.82) is 0 Å². The summed E-state index contributed by atoms with van der Waals surface area (Å²) in [6.07, 6.45) is 3.98. The second-order valence-corrected chi connectivity index (χ2v) is 7.15. The molecule has 0 unspecified atom stereocenters. The van der Waals surface area contributed by atoms with Gasteiger partial charge in [-0.3, -0.25) is 4.79 Å². The Hall–Kier alpha value is -2.35. The maximum absolute atomic E-state index is 12.7. The predicted molar refractivity (Wildman–Crippen MR) is 106 cm³/mol. The van der Waals surface area contributed by atoms with Crippen LogP contribution in [0.15, 0.2) is 28.9 Å². The molecule has 1 amide bonds. The summed E-state index contributed by atoms with van der Waals surface area (Å²) in [6, 6.07) is 5.27. The van der Waals surface area contributed by atoms with Crippen molar-refractivity contribution in [2.45, 2.75) is 12.8 Å². The van der Waals surface area contributed by atoms with Gasteiger partial charge in [-0.2, -0.15) is 4.98 Å². The third-order valence-electron chi connectivity index (χ3n) is 4.23. The third kappa shape index (κ3) is 3.90. The van der Waals surface area contributed by atoms with Gasteiger partial charge in [-0.1, -0.05) is 0 Å². The molecule has 3 rings (SSSR count). The van der Waals surface area contributed by atoms with Crippen molar-refractivity contribution in [3.63, 3.8) is 0 Å². The molecular weight excluding hydrogens is 398 g/mol. The molecule has 0 spiro atoms. The number of amides is 1. The van der Waals surface area contributed by atoms with Crippen molar-refractivity contribution in [3.05, 3.63) is 34.4 Å². The highest BCUT2D eigenvalue weighted by Crippen LogP contribution is 2.28. The zero-order valence-electron chi connectivity index (χ0n) is 15.1. The number of rotatable bonds is 5. The highest BCUT2D eigenvalue weighted by atomic mass is 79.9. The summed E-state index contributed by atoms with van der Waals surface area (Å²) >= 11 is 3.41. The fourth-order valence-electron chi connectivity index (χ4n) is 2.86. The average molecular weight is 420 g/mol. The van der Waals surface area contributed by atoms with Gasteiger partial charge in [-0.25, -0.2) is 4.98 Å². The van der Waals surface area contributed by atoms with Crippen molar-refractivity contribution in [2.75, 3.05) is 49.4 Å². The standard InChI is InChI=1S/C18H22BrN5O2/c1-23(2)16-15(11-20-18(22-16)24-8-4-5-9-24)21-17(25)13-10-12(26-3)6-7-14(13)19/h6-7,10-11H,4-5,8-9H2,1-3H3,(H,21,25). The van der Waals surface area contributed by atoms with Crippen LogP contribution in [0.3, 0.4) is 0 Å². The van der Waals surface area contributed by atoms with Crippen molar-refractivity contribution < 1.29 is 9.53 Å². The number of ether oxygens (including phenoxy) is 1. The van der Waals surface area contributed by atoms with Crippen LogP contribution in [0.5, 0.6) is 5.75 Å². The first-order valence-corrected chi connectivity index (χ1v) is 9.23. The number of carbonyl (C=O) groups excluding carboxylic acids is 1. The monoisotopic (exact) mass is 419 g/mol. The molecule has 0 radical (unpaired) electrons. The molecule has 1 fully saturated rings. The van der Waals surface area contributed by atoms with Crippen LogP contribution in [0.4, 0.5) is 17.5 Å². The number of nitrogens with one attached hydrogen (secondary N) is 1. The molecule has 1 aromatic carbocycles. The molecule has 0 bridgehead atoms. The summed E-state index contributed by atoms with van der Waals surface area (Å²) in [6.45, 7) is 1.94. The summed E-state index contributed by atoms with van der Waals surface area (Å²) in [4.78, 5) is 25.9. The minimum absolute atomic E-state index is 0.253. The molecule has 1 N–H and O–H groups in total. The van der Waals surface area contributed by atoms with E-state index in [0.29, 0.717) is 33.2 Å². The molecule has 1 aromatic heterocycles. The molecule has 8 heteroatoms. The Balaban J connectivity index is 1.88. The normalized spacial score (nSPS) is 13.6. The van der Waals surface area contributed by atoms with Crippen LogP contribution < -0.4 is 19.9 Å². The molecule has 0 aliphatic carbocycles. The van der Waals surface area contributed by atoms with Gasteiger partial charge in [0.05, 0.1) is 18.9 Å². The molecule has 26 heavy (non-hydrogen) atoms. The van der Waals surface area contributed by atoms with Gasteiger partial charge in [0.25, 0.3) is 5.91 Å². The van der Waals surface area contributed by atoms with E-state index in [0.717, 1.165) is 25.9 Å². The van der Waals surface area contributed by atoms with E-state index in [9.17, 15) is 4.79 Å². The van der Waals surface area contributed by atoms with E-state index in [1.807, 2.05) is 19.0 Å². The number of benzene rings is 1. The maximum Gasteiger partial charge on any atom is 0.257 e. The topological polar surface area (TPSA) is 70.6 Å². The fourth-order valence-corrected chi connectivity index (χ4v) is 3.28. The molecule has 2 aromatic rings. The van der Waals surface area contributed by atoms with Gasteiger partial charge in [0.2, 0.25) is 5.95 Å². The fraction of sp³-hybridized carbons (Fsp3) is 0.389. The van der Waals surface area contributed by atoms with E-state index in [1.54, 1.807) is 31.5 Å². The summed E-state index contributed by atoms with van der Waals surface area (Å²) in [5, 5.41) is 2.91. The summed E-state index contributed by atoms with van der Waals surface area (Å²) in [5.41, 5.74) is 1.05. The van der Waals surface area contributed by atoms with Crippen molar-refractivity contribution in [1.82, 2.24) is 9.97 Å². The molecular formula is C18H22BrN5O2. The van der Waals surface area contributed by atoms with Crippen molar-refractivity contribution in [3.8, 4) is 5.75 Å². The molecule has 138 valence electrons. The lowest BCUT2D eigenvalue weighted by Crippen LogP contribution is -2.24. The van der Waals surface area contributed by atoms with Gasteiger partial charge in [0.15, 0.2) is 5.82 Å². The van der Waals surface area contributed by atoms with Crippen LogP contribution in [0.25, 0.3) is 0 Å². The number of aromatic nitrogens is 2. The highest BCUT2D eigenvalue weighted by Gasteiger charge is 2.19. The molecule has 1 aliphatic heterocycles. The van der Waals surface area contributed by atoms with E-state index in [4.69, 9.17) is 4.74 Å². The van der Waals surface area contributed by atoms with Crippen LogP contribution >= 0.6 is 15.9 Å². The average Bonchev–Trinajstić information content (AvgIpc) is 3.17. The first-order valence-electron chi connectivity index (χ1n) is 8.44. The van der Waals surface area contributed by atoms with E-state index in [1.165, 1.54) is 0 Å². The first kappa shape index (κ1) is 18.4. The van der Waals surface area contributed by atoms with Crippen LogP contribution in [0, 0.1) is 0 Å². The number of methoxy groups -OCH3 is 1. The number of nitrogens with zero attached hydrogens (tertiary/aromatic N) is 4. The molecule has 2 heterocycles. The minimum atomic E-state index is -0.253. The Labute approximate surface area is 161 Å². The number of halogens is 1. The lowest BCUT2D eigenvalue weighted by Gasteiger charge is -2.21. The van der Waals surface area contributed by atoms with Gasteiger partial charge >= 0.3 is 0 Å². The van der Waals surface area contributed by atoms with E-state index < -0.39 is 0 Å². The van der Waals surface area contributed by atoms with E-state index >= 15 is 0 Å². The maximum atomic E-state index is 12.7. The summed E-state index contributed by atoms with van der Waals surface area (Å²) < 4.78 is 5.90. The van der Waals surface area contributed by atoms with Gasteiger partial charge in [-0.15, -0.1) is 0 Å². The van der Waals surface area contributed by atoms with E-state index in [-0.39, 0.29) is 5.91 Å². The lowest BCUT2D eigenvalue weighted by atomic mass is 10.2. The van der Waals surface area contributed by atoms with Gasteiger partial charge < -0.3 is 19.9 Å². The SMILES string of the molecule is COc1ccc(Br)c(C(=O)Nc2cnc(N3CCCC3)nc2N(C)C)c1. The Morgan fingerprint density at radius 3 is 2.69 bits per heavy atom. The minimum Gasteiger partial charge on any atom is -0.497 e. The number of anilines is 3. The van der Waals surface area contributed by atoms with Gasteiger partial charge in [0.1, 0.15) is 11.4 Å². The molecule has 0 atom stereocenters. The number of carbonyl (C=O) groups is 1. The van der Waals surface area contributed by atoms with Crippen LogP contribution in [0.2, 0.25) is 0 Å². The lowest BCUT2D eigenvalue weighted by molar-refractivity contribution is 0.102. The predicted octanol–water partition coefficient (Wildman–Crippen LogP) is 3.17. The summed E-state index contributed by atoms with van der Waals surface area (Å²) in [5.74, 6) is 1.74. The Morgan fingerprint density at radius 2 is 2.04 bits per heavy atom. The smallest absolute Gasteiger partial charge is 0.257 e. The molecule has 7 nitrogen and oxygen atoms in total. The first-order chi connectivity index (χ1) is 12.5. The number of hydrogen-bond acceptors (Lipinski definition) is 6. The van der Waals surface area contributed by atoms with Crippen LogP contribution in [-0.2, 0) is 0 Å². The Kier molecular flexibility index (Phi) is 5.61. The number of hydrogen-bond donors (Lipinski definition) is 1. The van der Waals surface area contributed by atoms with Crippen molar-refractivity contribution >= 4 is 39.3 Å². The Morgan fingerprint density at radius 1 is 1.31 bits per heavy atom. The second kappa shape index (κ2) is 7.90. The Bertz CT molecular complexity index is 806.